The fourth-order valence-electron chi connectivity index (χ4n) is 2.20. The molecule has 0 atom stereocenters. The SMILES string of the molecule is COc1c(C)cc(Cl)cc1-c1c(C)c(N)nn1C. The number of ether oxygens (including phenoxy) is 1. The van der Waals surface area contributed by atoms with Gasteiger partial charge in [-0.05, 0) is 31.5 Å². The lowest BCUT2D eigenvalue weighted by Gasteiger charge is -2.13. The molecule has 0 aliphatic heterocycles. The summed E-state index contributed by atoms with van der Waals surface area (Å²) in [6.07, 6.45) is 0. The first-order valence-electron chi connectivity index (χ1n) is 5.59. The molecular formula is C13H16ClN3O. The van der Waals surface area contributed by atoms with Gasteiger partial charge in [-0.1, -0.05) is 11.6 Å². The third-order valence-electron chi connectivity index (χ3n) is 3.02. The number of halogens is 1. The molecule has 0 aliphatic rings. The number of hydrogen-bond acceptors (Lipinski definition) is 3. The fraction of sp³-hybridized carbons (Fsp3) is 0.308. The lowest BCUT2D eigenvalue weighted by atomic mass is 10.0. The van der Waals surface area contributed by atoms with E-state index in [0.29, 0.717) is 10.8 Å². The third kappa shape index (κ3) is 1.93. The van der Waals surface area contributed by atoms with Gasteiger partial charge in [0, 0.05) is 23.2 Å². The van der Waals surface area contributed by atoms with Crippen LogP contribution in [0.4, 0.5) is 5.82 Å². The van der Waals surface area contributed by atoms with Crippen LogP contribution in [0.25, 0.3) is 11.3 Å². The van der Waals surface area contributed by atoms with Crippen LogP contribution in [0.2, 0.25) is 5.02 Å². The quantitative estimate of drug-likeness (QED) is 0.908. The van der Waals surface area contributed by atoms with E-state index in [1.807, 2.05) is 33.0 Å². The minimum atomic E-state index is 0.521. The monoisotopic (exact) mass is 265 g/mol. The molecule has 2 N–H and O–H groups in total. The van der Waals surface area contributed by atoms with Gasteiger partial charge in [0.15, 0.2) is 0 Å². The molecule has 2 rings (SSSR count). The standard InChI is InChI=1S/C13H16ClN3O/c1-7-5-9(14)6-10(12(7)18-4)11-8(2)13(15)16-17(11)3/h5-6H,1-4H3,(H2,15,16). The molecule has 18 heavy (non-hydrogen) atoms. The van der Waals surface area contributed by atoms with E-state index in [4.69, 9.17) is 22.1 Å². The van der Waals surface area contributed by atoms with E-state index >= 15 is 0 Å². The lowest BCUT2D eigenvalue weighted by Crippen LogP contribution is -1.98. The highest BCUT2D eigenvalue weighted by molar-refractivity contribution is 6.31. The predicted octanol–water partition coefficient (Wildman–Crippen LogP) is 2.95. The van der Waals surface area contributed by atoms with Crippen LogP contribution in [-0.2, 0) is 7.05 Å². The zero-order valence-electron chi connectivity index (χ0n) is 10.9. The summed E-state index contributed by atoms with van der Waals surface area (Å²) in [4.78, 5) is 0. The maximum atomic E-state index is 6.12. The van der Waals surface area contributed by atoms with Gasteiger partial charge in [-0.25, -0.2) is 0 Å². The highest BCUT2D eigenvalue weighted by atomic mass is 35.5. The maximum absolute atomic E-state index is 6.12. The summed E-state index contributed by atoms with van der Waals surface area (Å²) in [5.41, 5.74) is 9.59. The lowest BCUT2D eigenvalue weighted by molar-refractivity contribution is 0.413. The molecule has 4 nitrogen and oxygen atoms in total. The largest absolute Gasteiger partial charge is 0.496 e. The molecule has 5 heteroatoms. The third-order valence-corrected chi connectivity index (χ3v) is 3.24. The van der Waals surface area contributed by atoms with Gasteiger partial charge in [-0.15, -0.1) is 0 Å². The Morgan fingerprint density at radius 2 is 2.00 bits per heavy atom. The zero-order valence-corrected chi connectivity index (χ0v) is 11.7. The first kappa shape index (κ1) is 12.8. The highest BCUT2D eigenvalue weighted by Gasteiger charge is 2.18. The number of anilines is 1. The van der Waals surface area contributed by atoms with Crippen molar-refractivity contribution in [2.45, 2.75) is 13.8 Å². The number of benzene rings is 1. The molecule has 0 fully saturated rings. The van der Waals surface area contributed by atoms with Crippen molar-refractivity contribution in [3.8, 4) is 17.0 Å². The molecule has 96 valence electrons. The summed E-state index contributed by atoms with van der Waals surface area (Å²) in [5.74, 6) is 1.32. The highest BCUT2D eigenvalue weighted by Crippen LogP contribution is 2.38. The van der Waals surface area contributed by atoms with E-state index in [9.17, 15) is 0 Å². The van der Waals surface area contributed by atoms with Crippen molar-refractivity contribution in [1.82, 2.24) is 9.78 Å². The molecule has 0 aliphatic carbocycles. The second-order valence-electron chi connectivity index (χ2n) is 4.29. The predicted molar refractivity (Wildman–Crippen MR) is 74.1 cm³/mol. The molecule has 1 aromatic heterocycles. The van der Waals surface area contributed by atoms with Crippen LogP contribution in [0.3, 0.4) is 0 Å². The summed E-state index contributed by atoms with van der Waals surface area (Å²) >= 11 is 6.12. The van der Waals surface area contributed by atoms with Crippen molar-refractivity contribution in [1.29, 1.82) is 0 Å². The van der Waals surface area contributed by atoms with Crippen LogP contribution in [0.1, 0.15) is 11.1 Å². The van der Waals surface area contributed by atoms with Crippen molar-refractivity contribution >= 4 is 17.4 Å². The number of aromatic nitrogens is 2. The topological polar surface area (TPSA) is 53.1 Å². The Kier molecular flexibility index (Phi) is 3.22. The number of aryl methyl sites for hydroxylation is 2. The second-order valence-corrected chi connectivity index (χ2v) is 4.72. The number of hydrogen-bond donors (Lipinski definition) is 1. The molecule has 2 aromatic rings. The van der Waals surface area contributed by atoms with E-state index in [-0.39, 0.29) is 0 Å². The van der Waals surface area contributed by atoms with Crippen LogP contribution < -0.4 is 10.5 Å². The van der Waals surface area contributed by atoms with E-state index in [0.717, 1.165) is 28.1 Å². The van der Waals surface area contributed by atoms with E-state index in [1.165, 1.54) is 0 Å². The summed E-state index contributed by atoms with van der Waals surface area (Å²) in [5, 5.41) is 4.89. The second kappa shape index (κ2) is 4.53. The van der Waals surface area contributed by atoms with Crippen LogP contribution in [0, 0.1) is 13.8 Å². The molecule has 1 heterocycles. The zero-order chi connectivity index (χ0) is 13.4. The van der Waals surface area contributed by atoms with Crippen LogP contribution in [0.15, 0.2) is 12.1 Å². The smallest absolute Gasteiger partial charge is 0.149 e. The van der Waals surface area contributed by atoms with Crippen LogP contribution in [-0.4, -0.2) is 16.9 Å². The summed E-state index contributed by atoms with van der Waals surface area (Å²) in [7, 11) is 3.50. The van der Waals surface area contributed by atoms with E-state index < -0.39 is 0 Å². The summed E-state index contributed by atoms with van der Waals surface area (Å²) < 4.78 is 7.21. The van der Waals surface area contributed by atoms with Crippen LogP contribution >= 0.6 is 11.6 Å². The Balaban J connectivity index is 2.78. The van der Waals surface area contributed by atoms with Crippen molar-refractivity contribution in [2.24, 2.45) is 7.05 Å². The van der Waals surface area contributed by atoms with Gasteiger partial charge in [-0.3, -0.25) is 4.68 Å². The average molecular weight is 266 g/mol. The normalized spacial score (nSPS) is 10.7. The summed E-state index contributed by atoms with van der Waals surface area (Å²) in [6.45, 7) is 3.90. The van der Waals surface area contributed by atoms with Crippen molar-refractivity contribution in [3.63, 3.8) is 0 Å². The van der Waals surface area contributed by atoms with Gasteiger partial charge < -0.3 is 10.5 Å². The van der Waals surface area contributed by atoms with Gasteiger partial charge >= 0.3 is 0 Å². The molecule has 0 radical (unpaired) electrons. The Morgan fingerprint density at radius 1 is 1.33 bits per heavy atom. The number of nitrogens with zero attached hydrogens (tertiary/aromatic N) is 2. The number of methoxy groups -OCH3 is 1. The Morgan fingerprint density at radius 3 is 2.50 bits per heavy atom. The van der Waals surface area contributed by atoms with Gasteiger partial charge in [0.2, 0.25) is 0 Å². The molecular weight excluding hydrogens is 250 g/mol. The molecule has 0 bridgehead atoms. The molecule has 1 aromatic carbocycles. The molecule has 0 unspecified atom stereocenters. The first-order valence-corrected chi connectivity index (χ1v) is 5.97. The minimum Gasteiger partial charge on any atom is -0.496 e. The molecule has 0 amide bonds. The van der Waals surface area contributed by atoms with Gasteiger partial charge in [0.05, 0.1) is 12.8 Å². The van der Waals surface area contributed by atoms with Crippen molar-refractivity contribution < 1.29 is 4.74 Å². The Labute approximate surface area is 111 Å². The number of nitrogen functional groups attached to an aromatic ring is 1. The fourth-order valence-corrected chi connectivity index (χ4v) is 2.48. The number of rotatable bonds is 2. The molecule has 0 saturated carbocycles. The van der Waals surface area contributed by atoms with Crippen LogP contribution in [0.5, 0.6) is 5.75 Å². The van der Waals surface area contributed by atoms with Crippen molar-refractivity contribution in [2.75, 3.05) is 12.8 Å². The van der Waals surface area contributed by atoms with Crippen molar-refractivity contribution in [3.05, 3.63) is 28.3 Å². The van der Waals surface area contributed by atoms with Gasteiger partial charge in [-0.2, -0.15) is 5.10 Å². The molecule has 0 saturated heterocycles. The summed E-state index contributed by atoms with van der Waals surface area (Å²) in [6, 6.07) is 3.75. The Hall–Kier alpha value is -1.68. The molecule has 0 spiro atoms. The van der Waals surface area contributed by atoms with Gasteiger partial charge in [0.25, 0.3) is 0 Å². The maximum Gasteiger partial charge on any atom is 0.149 e. The Bertz CT molecular complexity index is 605. The van der Waals surface area contributed by atoms with Gasteiger partial charge in [0.1, 0.15) is 11.6 Å². The average Bonchev–Trinajstić information content (AvgIpc) is 2.52. The van der Waals surface area contributed by atoms with E-state index in [2.05, 4.69) is 5.10 Å². The first-order chi connectivity index (χ1) is 8.45. The van der Waals surface area contributed by atoms with E-state index in [1.54, 1.807) is 11.8 Å². The minimum absolute atomic E-state index is 0.521. The number of nitrogens with two attached hydrogens (primary N) is 1.